The number of benzene rings is 2. The van der Waals surface area contributed by atoms with E-state index in [9.17, 15) is 9.18 Å². The van der Waals surface area contributed by atoms with Gasteiger partial charge < -0.3 is 18.9 Å². The molecule has 1 atom stereocenters. The van der Waals surface area contributed by atoms with Crippen LogP contribution in [0.2, 0.25) is 5.02 Å². The predicted molar refractivity (Wildman–Crippen MR) is 97.0 cm³/mol. The maximum Gasteiger partial charge on any atom is 0.258 e. The maximum absolute atomic E-state index is 13.4. The Morgan fingerprint density at radius 3 is 2.86 bits per heavy atom. The van der Waals surface area contributed by atoms with Crippen LogP contribution in [0.1, 0.15) is 18.2 Å². The van der Waals surface area contributed by atoms with Crippen molar-refractivity contribution in [1.29, 1.82) is 0 Å². The Labute approximate surface area is 163 Å². The second-order valence-corrected chi connectivity index (χ2v) is 6.94. The molecule has 0 aliphatic carbocycles. The Morgan fingerprint density at radius 2 is 2.00 bits per heavy atom. The van der Waals surface area contributed by atoms with E-state index in [1.54, 1.807) is 23.1 Å². The van der Waals surface area contributed by atoms with Gasteiger partial charge in [0.25, 0.3) is 5.89 Å². The van der Waals surface area contributed by atoms with Crippen molar-refractivity contribution in [3.63, 3.8) is 0 Å². The molecule has 142 valence electrons. The molecule has 3 heterocycles. The van der Waals surface area contributed by atoms with E-state index in [0.717, 1.165) is 0 Å². The van der Waals surface area contributed by atoms with Gasteiger partial charge in [-0.05, 0) is 36.4 Å². The molecule has 0 N–H and O–H groups in total. The third kappa shape index (κ3) is 2.86. The van der Waals surface area contributed by atoms with Crippen LogP contribution in [0.15, 0.2) is 40.9 Å². The SMILES string of the molecule is O=C1C[C@H](c2noc(-c3ccc4c(c3)OCO4)n2)CN1c1ccc(F)c(Cl)c1. The number of halogens is 2. The molecule has 5 rings (SSSR count). The third-order valence-corrected chi connectivity index (χ3v) is 5.06. The van der Waals surface area contributed by atoms with Gasteiger partial charge in [-0.15, -0.1) is 0 Å². The quantitative estimate of drug-likeness (QED) is 0.664. The van der Waals surface area contributed by atoms with Crippen LogP contribution in [-0.2, 0) is 4.79 Å². The van der Waals surface area contributed by atoms with Crippen molar-refractivity contribution < 1.29 is 23.2 Å². The molecule has 1 saturated heterocycles. The highest BCUT2D eigenvalue weighted by Crippen LogP contribution is 2.37. The van der Waals surface area contributed by atoms with E-state index in [0.29, 0.717) is 41.0 Å². The summed E-state index contributed by atoms with van der Waals surface area (Å²) < 4.78 is 29.4. The molecule has 0 radical (unpaired) electrons. The van der Waals surface area contributed by atoms with Gasteiger partial charge in [-0.2, -0.15) is 4.98 Å². The topological polar surface area (TPSA) is 77.7 Å². The zero-order valence-corrected chi connectivity index (χ0v) is 15.1. The molecule has 1 amide bonds. The van der Waals surface area contributed by atoms with E-state index in [1.807, 2.05) is 0 Å². The molecule has 28 heavy (non-hydrogen) atoms. The molecule has 0 bridgehead atoms. The molecule has 1 fully saturated rings. The van der Waals surface area contributed by atoms with E-state index in [4.69, 9.17) is 25.6 Å². The van der Waals surface area contributed by atoms with Gasteiger partial charge in [-0.3, -0.25) is 4.79 Å². The second kappa shape index (κ2) is 6.49. The minimum atomic E-state index is -0.528. The molecular weight excluding hydrogens is 389 g/mol. The smallest absolute Gasteiger partial charge is 0.258 e. The molecule has 3 aromatic rings. The number of rotatable bonds is 3. The summed E-state index contributed by atoms with van der Waals surface area (Å²) in [6.45, 7) is 0.544. The highest BCUT2D eigenvalue weighted by molar-refractivity contribution is 6.31. The summed E-state index contributed by atoms with van der Waals surface area (Å²) in [5, 5.41) is 4.01. The average Bonchev–Trinajstić information content (AvgIpc) is 3.42. The molecule has 0 unspecified atom stereocenters. The highest BCUT2D eigenvalue weighted by atomic mass is 35.5. The first-order chi connectivity index (χ1) is 13.6. The molecule has 2 aliphatic heterocycles. The lowest BCUT2D eigenvalue weighted by Gasteiger charge is -2.16. The van der Waals surface area contributed by atoms with Crippen molar-refractivity contribution in [3.8, 4) is 23.0 Å². The van der Waals surface area contributed by atoms with Gasteiger partial charge in [0.1, 0.15) is 5.82 Å². The van der Waals surface area contributed by atoms with E-state index < -0.39 is 5.82 Å². The van der Waals surface area contributed by atoms with Crippen LogP contribution < -0.4 is 14.4 Å². The minimum Gasteiger partial charge on any atom is -0.454 e. The highest BCUT2D eigenvalue weighted by Gasteiger charge is 2.35. The third-order valence-electron chi connectivity index (χ3n) is 4.77. The van der Waals surface area contributed by atoms with Crippen LogP contribution in [0.25, 0.3) is 11.5 Å². The monoisotopic (exact) mass is 401 g/mol. The van der Waals surface area contributed by atoms with Gasteiger partial charge in [0, 0.05) is 30.1 Å². The average molecular weight is 402 g/mol. The van der Waals surface area contributed by atoms with Crippen molar-refractivity contribution in [1.82, 2.24) is 10.1 Å². The molecule has 2 aliphatic rings. The number of hydrogen-bond acceptors (Lipinski definition) is 6. The number of amides is 1. The molecule has 2 aromatic carbocycles. The zero-order valence-electron chi connectivity index (χ0n) is 14.4. The molecule has 7 nitrogen and oxygen atoms in total. The largest absolute Gasteiger partial charge is 0.454 e. The van der Waals surface area contributed by atoms with Gasteiger partial charge in [0.15, 0.2) is 17.3 Å². The number of ether oxygens (including phenoxy) is 2. The zero-order chi connectivity index (χ0) is 19.3. The van der Waals surface area contributed by atoms with Gasteiger partial charge in [0.2, 0.25) is 12.7 Å². The number of carbonyl (C=O) groups excluding carboxylic acids is 1. The van der Waals surface area contributed by atoms with E-state index in [2.05, 4.69) is 10.1 Å². The first kappa shape index (κ1) is 17.0. The maximum atomic E-state index is 13.4. The Hall–Kier alpha value is -3.13. The minimum absolute atomic E-state index is 0.0293. The summed E-state index contributed by atoms with van der Waals surface area (Å²) >= 11 is 5.83. The van der Waals surface area contributed by atoms with Crippen LogP contribution in [0.5, 0.6) is 11.5 Å². The molecule has 0 saturated carbocycles. The lowest BCUT2D eigenvalue weighted by atomic mass is 10.1. The van der Waals surface area contributed by atoms with Crippen LogP contribution in [0.4, 0.5) is 10.1 Å². The summed E-state index contributed by atoms with van der Waals surface area (Å²) in [6, 6.07) is 9.55. The Balaban J connectivity index is 1.37. The number of hydrogen-bond donors (Lipinski definition) is 0. The van der Waals surface area contributed by atoms with Crippen LogP contribution in [0.3, 0.4) is 0 Å². The fraction of sp³-hybridized carbons (Fsp3) is 0.211. The van der Waals surface area contributed by atoms with Gasteiger partial charge in [0.05, 0.1) is 5.02 Å². The van der Waals surface area contributed by atoms with Gasteiger partial charge >= 0.3 is 0 Å². The summed E-state index contributed by atoms with van der Waals surface area (Å²) in [4.78, 5) is 18.4. The summed E-state index contributed by atoms with van der Waals surface area (Å²) in [5.74, 6) is 1.19. The number of aromatic nitrogens is 2. The first-order valence-electron chi connectivity index (χ1n) is 8.57. The van der Waals surface area contributed by atoms with E-state index in [-0.39, 0.29) is 30.1 Å². The van der Waals surface area contributed by atoms with Crippen LogP contribution in [-0.4, -0.2) is 29.4 Å². The fourth-order valence-electron chi connectivity index (χ4n) is 3.33. The molecule has 1 aromatic heterocycles. The number of fused-ring (bicyclic) bond motifs is 1. The fourth-order valence-corrected chi connectivity index (χ4v) is 3.51. The van der Waals surface area contributed by atoms with Crippen molar-refractivity contribution in [3.05, 3.63) is 53.1 Å². The van der Waals surface area contributed by atoms with E-state index >= 15 is 0 Å². The Bertz CT molecular complexity index is 1090. The lowest BCUT2D eigenvalue weighted by molar-refractivity contribution is -0.117. The first-order valence-corrected chi connectivity index (χ1v) is 8.95. The molecule has 9 heteroatoms. The normalized spacial score (nSPS) is 18.1. The van der Waals surface area contributed by atoms with Crippen molar-refractivity contribution in [2.75, 3.05) is 18.2 Å². The molecule has 0 spiro atoms. The van der Waals surface area contributed by atoms with Crippen molar-refractivity contribution in [2.45, 2.75) is 12.3 Å². The van der Waals surface area contributed by atoms with Gasteiger partial charge in [-0.1, -0.05) is 16.8 Å². The number of anilines is 1. The van der Waals surface area contributed by atoms with Crippen LogP contribution >= 0.6 is 11.6 Å². The van der Waals surface area contributed by atoms with Gasteiger partial charge in [-0.25, -0.2) is 4.39 Å². The van der Waals surface area contributed by atoms with Crippen molar-refractivity contribution in [2.24, 2.45) is 0 Å². The predicted octanol–water partition coefficient (Wildman–Crippen LogP) is 3.78. The lowest BCUT2D eigenvalue weighted by Crippen LogP contribution is -2.24. The van der Waals surface area contributed by atoms with Crippen molar-refractivity contribution >= 4 is 23.2 Å². The number of nitrogens with zero attached hydrogens (tertiary/aromatic N) is 3. The summed E-state index contributed by atoms with van der Waals surface area (Å²) in [7, 11) is 0. The summed E-state index contributed by atoms with van der Waals surface area (Å²) in [5.41, 5.74) is 1.24. The Kier molecular flexibility index (Phi) is 3.94. The molecular formula is C19H13ClFN3O4. The Morgan fingerprint density at radius 1 is 1.14 bits per heavy atom. The van der Waals surface area contributed by atoms with E-state index in [1.165, 1.54) is 18.2 Å². The second-order valence-electron chi connectivity index (χ2n) is 6.53. The standard InChI is InChI=1S/C19H13ClFN3O4/c20-13-7-12(2-3-14(13)21)24-8-11(6-17(24)25)18-22-19(28-23-18)10-1-4-15-16(5-10)27-9-26-15/h1-5,7,11H,6,8-9H2/t11-/m0/s1. The summed E-state index contributed by atoms with van der Waals surface area (Å²) in [6.07, 6.45) is 0.231. The van der Waals surface area contributed by atoms with Crippen LogP contribution in [0, 0.1) is 5.82 Å². The number of carbonyl (C=O) groups is 1.